The third kappa shape index (κ3) is 3.71. The summed E-state index contributed by atoms with van der Waals surface area (Å²) in [6, 6.07) is 14.1. The first kappa shape index (κ1) is 14.7. The zero-order valence-corrected chi connectivity index (χ0v) is 12.5. The summed E-state index contributed by atoms with van der Waals surface area (Å²) in [5.74, 6) is 0.372. The lowest BCUT2D eigenvalue weighted by molar-refractivity contribution is 0.133. The van der Waals surface area contributed by atoms with Gasteiger partial charge < -0.3 is 9.52 Å². The Labute approximate surface area is 129 Å². The van der Waals surface area contributed by atoms with Gasteiger partial charge in [0.25, 0.3) is 0 Å². The minimum Gasteiger partial charge on any atom is -0.436 e. The molecule has 4 heteroatoms. The van der Waals surface area contributed by atoms with Crippen LogP contribution in [0.4, 0.5) is 0 Å². The molecule has 3 rings (SSSR count). The minimum atomic E-state index is -0.647. The number of aliphatic hydroxyl groups is 1. The van der Waals surface area contributed by atoms with E-state index in [9.17, 15) is 5.11 Å². The average Bonchev–Trinajstić information content (AvgIpc) is 2.99. The number of oxazole rings is 1. The molecule has 1 aromatic carbocycles. The van der Waals surface area contributed by atoms with Crippen LogP contribution in [-0.4, -0.2) is 15.1 Å². The molecule has 4 nitrogen and oxygen atoms in total. The molecule has 0 aliphatic rings. The number of benzene rings is 1. The summed E-state index contributed by atoms with van der Waals surface area (Å²) in [6.45, 7) is 0. The molecule has 0 spiro atoms. The number of hydrogen-bond donors (Lipinski definition) is 1. The maximum atomic E-state index is 10.2. The van der Waals surface area contributed by atoms with Crippen LogP contribution >= 0.6 is 0 Å². The number of fused-ring (bicyclic) bond motifs is 1. The van der Waals surface area contributed by atoms with Gasteiger partial charge in [-0.3, -0.25) is 0 Å². The predicted molar refractivity (Wildman–Crippen MR) is 85.4 cm³/mol. The van der Waals surface area contributed by atoms with Gasteiger partial charge in [-0.25, -0.2) is 4.98 Å². The van der Waals surface area contributed by atoms with Crippen LogP contribution in [0.1, 0.15) is 43.2 Å². The second-order valence-electron chi connectivity index (χ2n) is 5.48. The predicted octanol–water partition coefficient (Wildman–Crippen LogP) is 4.06. The number of pyridine rings is 1. The first-order valence-electron chi connectivity index (χ1n) is 7.76. The second-order valence-corrected chi connectivity index (χ2v) is 5.48. The molecule has 1 N–H and O–H groups in total. The molecule has 1 unspecified atom stereocenters. The van der Waals surface area contributed by atoms with E-state index < -0.39 is 6.10 Å². The normalized spacial score (nSPS) is 12.6. The molecular weight excluding hydrogens is 276 g/mol. The highest BCUT2D eigenvalue weighted by molar-refractivity contribution is 5.66. The van der Waals surface area contributed by atoms with Crippen LogP contribution in [0, 0.1) is 0 Å². The van der Waals surface area contributed by atoms with E-state index in [1.54, 1.807) is 12.3 Å². The van der Waals surface area contributed by atoms with E-state index in [-0.39, 0.29) is 0 Å². The number of unbranched alkanes of at least 4 members (excludes halogenated alkanes) is 2. The standard InChI is InChI=1S/C18H20N2O2/c21-15(18-20-17-16(22-18)12-7-13-19-17)11-6-2-5-10-14-8-3-1-4-9-14/h1,3-4,7-9,12-13,15,21H,2,5-6,10-11H2. The van der Waals surface area contributed by atoms with Crippen LogP contribution < -0.4 is 0 Å². The molecule has 3 aromatic rings. The van der Waals surface area contributed by atoms with E-state index >= 15 is 0 Å². The van der Waals surface area contributed by atoms with Crippen molar-refractivity contribution >= 4 is 11.2 Å². The van der Waals surface area contributed by atoms with Gasteiger partial charge >= 0.3 is 0 Å². The largest absolute Gasteiger partial charge is 0.436 e. The van der Waals surface area contributed by atoms with Crippen molar-refractivity contribution in [2.24, 2.45) is 0 Å². The molecule has 2 heterocycles. The van der Waals surface area contributed by atoms with E-state index in [1.165, 1.54) is 5.56 Å². The Bertz CT molecular complexity index is 676. The van der Waals surface area contributed by atoms with Crippen molar-refractivity contribution in [2.45, 2.75) is 38.2 Å². The maximum absolute atomic E-state index is 10.2. The van der Waals surface area contributed by atoms with Gasteiger partial charge in [0.2, 0.25) is 5.89 Å². The smallest absolute Gasteiger partial charge is 0.225 e. The molecule has 0 amide bonds. The van der Waals surface area contributed by atoms with Crippen LogP contribution in [0.15, 0.2) is 53.1 Å². The Balaban J connectivity index is 1.43. The molecule has 2 aromatic heterocycles. The molecule has 0 fully saturated rings. The summed E-state index contributed by atoms with van der Waals surface area (Å²) in [7, 11) is 0. The summed E-state index contributed by atoms with van der Waals surface area (Å²) >= 11 is 0. The molecule has 0 radical (unpaired) electrons. The lowest BCUT2D eigenvalue weighted by atomic mass is 10.0. The molecule has 0 saturated carbocycles. The van der Waals surface area contributed by atoms with Crippen molar-refractivity contribution < 1.29 is 9.52 Å². The van der Waals surface area contributed by atoms with Gasteiger partial charge in [0.1, 0.15) is 6.10 Å². The van der Waals surface area contributed by atoms with Crippen LogP contribution in [0.2, 0.25) is 0 Å². The topological polar surface area (TPSA) is 59.2 Å². The van der Waals surface area contributed by atoms with Gasteiger partial charge in [-0.05, 0) is 37.0 Å². The van der Waals surface area contributed by atoms with E-state index in [0.29, 0.717) is 23.5 Å². The highest BCUT2D eigenvalue weighted by Gasteiger charge is 2.15. The summed E-state index contributed by atoms with van der Waals surface area (Å²) in [5, 5.41) is 10.2. The Morgan fingerprint density at radius 1 is 1.00 bits per heavy atom. The molecule has 0 saturated heterocycles. The van der Waals surface area contributed by atoms with Crippen molar-refractivity contribution in [1.82, 2.24) is 9.97 Å². The Morgan fingerprint density at radius 3 is 2.68 bits per heavy atom. The van der Waals surface area contributed by atoms with Gasteiger partial charge in [0.05, 0.1) is 0 Å². The van der Waals surface area contributed by atoms with E-state index in [4.69, 9.17) is 4.42 Å². The van der Waals surface area contributed by atoms with E-state index in [1.807, 2.05) is 12.1 Å². The number of aliphatic hydroxyl groups excluding tert-OH is 1. The fourth-order valence-corrected chi connectivity index (χ4v) is 2.54. The Hall–Kier alpha value is -2.20. The molecule has 114 valence electrons. The second kappa shape index (κ2) is 7.18. The first-order valence-corrected chi connectivity index (χ1v) is 7.76. The SMILES string of the molecule is OC(CCCCCc1ccccc1)c1nc2ncccc2o1. The monoisotopic (exact) mass is 296 g/mol. The Kier molecular flexibility index (Phi) is 4.81. The van der Waals surface area contributed by atoms with E-state index in [2.05, 4.69) is 34.2 Å². The summed E-state index contributed by atoms with van der Waals surface area (Å²) in [5.41, 5.74) is 2.55. The van der Waals surface area contributed by atoms with Gasteiger partial charge in [-0.1, -0.05) is 43.2 Å². The fourth-order valence-electron chi connectivity index (χ4n) is 2.54. The third-order valence-corrected chi connectivity index (χ3v) is 3.75. The van der Waals surface area contributed by atoms with Gasteiger partial charge in [0, 0.05) is 6.20 Å². The number of rotatable bonds is 7. The minimum absolute atomic E-state index is 0.372. The molecule has 1 atom stereocenters. The summed E-state index contributed by atoms with van der Waals surface area (Å²) in [4.78, 5) is 8.34. The van der Waals surface area contributed by atoms with Crippen molar-refractivity contribution in [2.75, 3.05) is 0 Å². The van der Waals surface area contributed by atoms with Crippen LogP contribution in [0.3, 0.4) is 0 Å². The van der Waals surface area contributed by atoms with E-state index in [0.717, 1.165) is 25.7 Å². The Morgan fingerprint density at radius 2 is 1.86 bits per heavy atom. The van der Waals surface area contributed by atoms with Crippen molar-refractivity contribution in [1.29, 1.82) is 0 Å². The molecule has 22 heavy (non-hydrogen) atoms. The first-order chi connectivity index (χ1) is 10.8. The average molecular weight is 296 g/mol. The highest BCUT2D eigenvalue weighted by atomic mass is 16.4. The fraction of sp³-hybridized carbons (Fsp3) is 0.333. The van der Waals surface area contributed by atoms with Crippen LogP contribution in [0.5, 0.6) is 0 Å². The maximum Gasteiger partial charge on any atom is 0.225 e. The van der Waals surface area contributed by atoms with Gasteiger partial charge in [0.15, 0.2) is 11.2 Å². The molecule has 0 aliphatic heterocycles. The zero-order valence-electron chi connectivity index (χ0n) is 12.5. The van der Waals surface area contributed by atoms with Crippen LogP contribution in [0.25, 0.3) is 11.2 Å². The van der Waals surface area contributed by atoms with Crippen molar-refractivity contribution in [3.63, 3.8) is 0 Å². The number of aromatic nitrogens is 2. The molecule has 0 aliphatic carbocycles. The number of nitrogens with zero attached hydrogens (tertiary/aromatic N) is 2. The summed E-state index contributed by atoms with van der Waals surface area (Å²) in [6.07, 6.45) is 5.96. The third-order valence-electron chi connectivity index (χ3n) is 3.75. The number of hydrogen-bond acceptors (Lipinski definition) is 4. The van der Waals surface area contributed by atoms with Crippen molar-refractivity contribution in [3.8, 4) is 0 Å². The lowest BCUT2D eigenvalue weighted by Gasteiger charge is -2.06. The van der Waals surface area contributed by atoms with Gasteiger partial charge in [-0.15, -0.1) is 0 Å². The highest BCUT2D eigenvalue weighted by Crippen LogP contribution is 2.22. The zero-order chi connectivity index (χ0) is 15.2. The molecule has 0 bridgehead atoms. The molecular formula is C18H20N2O2. The summed E-state index contributed by atoms with van der Waals surface area (Å²) < 4.78 is 5.53. The lowest BCUT2D eigenvalue weighted by Crippen LogP contribution is -1.98. The van der Waals surface area contributed by atoms with Crippen LogP contribution in [-0.2, 0) is 6.42 Å². The van der Waals surface area contributed by atoms with Crippen molar-refractivity contribution in [3.05, 3.63) is 60.1 Å². The van der Waals surface area contributed by atoms with Gasteiger partial charge in [-0.2, -0.15) is 4.98 Å². The number of aryl methyl sites for hydroxylation is 1. The quantitative estimate of drug-likeness (QED) is 0.668.